The fraction of sp³-hybridized carbons (Fsp3) is 0.636. The maximum Gasteiger partial charge on any atom is 0.224 e. The third-order valence-electron chi connectivity index (χ3n) is 3.72. The van der Waals surface area contributed by atoms with E-state index in [0.29, 0.717) is 5.28 Å². The molecular weight excluding hydrogens is 289 g/mol. The van der Waals surface area contributed by atoms with Crippen LogP contribution in [-0.2, 0) is 0 Å². The van der Waals surface area contributed by atoms with Crippen LogP contribution in [-0.4, -0.2) is 23.1 Å². The van der Waals surface area contributed by atoms with Crippen molar-refractivity contribution in [2.24, 2.45) is 11.8 Å². The maximum absolute atomic E-state index is 5.85. The average Bonchev–Trinajstić information content (AvgIpc) is 2.81. The minimum Gasteiger partial charge on any atom is -0.355 e. The lowest BCUT2D eigenvalue weighted by Gasteiger charge is -2.19. The van der Waals surface area contributed by atoms with Crippen LogP contribution in [0.25, 0.3) is 0 Å². The molecule has 0 spiro atoms. The Morgan fingerprint density at radius 1 is 1.31 bits per heavy atom. The highest BCUT2D eigenvalue weighted by Gasteiger charge is 2.37. The van der Waals surface area contributed by atoms with Gasteiger partial charge in [-0.05, 0) is 52.2 Å². The molecule has 1 aromatic rings. The molecule has 1 saturated heterocycles. The summed E-state index contributed by atoms with van der Waals surface area (Å²) >= 11 is 9.34. The highest BCUT2D eigenvalue weighted by atomic mass is 79.9. The number of anilines is 1. The van der Waals surface area contributed by atoms with Crippen LogP contribution in [0.5, 0.6) is 0 Å². The summed E-state index contributed by atoms with van der Waals surface area (Å²) in [7, 11) is 0. The lowest BCUT2D eigenvalue weighted by atomic mass is 10.0. The van der Waals surface area contributed by atoms with Gasteiger partial charge in [-0.1, -0.05) is 6.42 Å². The van der Waals surface area contributed by atoms with Crippen molar-refractivity contribution in [3.8, 4) is 0 Å². The Labute approximate surface area is 108 Å². The first-order chi connectivity index (χ1) is 7.74. The third kappa shape index (κ3) is 1.82. The Morgan fingerprint density at radius 3 is 2.69 bits per heavy atom. The molecule has 2 fully saturated rings. The minimum atomic E-state index is 0.329. The van der Waals surface area contributed by atoms with E-state index in [0.717, 1.165) is 35.2 Å². The average molecular weight is 303 g/mol. The molecular formula is C11H13BrClN3. The molecule has 16 heavy (non-hydrogen) atoms. The monoisotopic (exact) mass is 301 g/mol. The van der Waals surface area contributed by atoms with Crippen molar-refractivity contribution < 1.29 is 0 Å². The Balaban J connectivity index is 1.85. The molecule has 0 aromatic carbocycles. The van der Waals surface area contributed by atoms with Gasteiger partial charge in [0.05, 0.1) is 4.47 Å². The quantitative estimate of drug-likeness (QED) is 0.746. The second kappa shape index (κ2) is 4.15. The second-order valence-electron chi connectivity index (χ2n) is 4.67. The summed E-state index contributed by atoms with van der Waals surface area (Å²) in [6, 6.07) is 0. The Bertz CT molecular complexity index is 400. The zero-order valence-electron chi connectivity index (χ0n) is 8.87. The molecule has 0 bridgehead atoms. The van der Waals surface area contributed by atoms with Crippen molar-refractivity contribution in [3.63, 3.8) is 0 Å². The van der Waals surface area contributed by atoms with Gasteiger partial charge in [-0.15, -0.1) is 0 Å². The van der Waals surface area contributed by atoms with E-state index in [2.05, 4.69) is 30.8 Å². The fourth-order valence-electron chi connectivity index (χ4n) is 2.97. The second-order valence-corrected chi connectivity index (χ2v) is 5.86. The predicted molar refractivity (Wildman–Crippen MR) is 67.8 cm³/mol. The number of hydrogen-bond acceptors (Lipinski definition) is 3. The lowest BCUT2D eigenvalue weighted by molar-refractivity contribution is 0.494. The van der Waals surface area contributed by atoms with Crippen molar-refractivity contribution in [1.82, 2.24) is 9.97 Å². The molecule has 2 unspecified atom stereocenters. The number of nitrogens with zero attached hydrogens (tertiary/aromatic N) is 3. The zero-order valence-corrected chi connectivity index (χ0v) is 11.2. The zero-order chi connectivity index (χ0) is 11.1. The van der Waals surface area contributed by atoms with E-state index >= 15 is 0 Å². The van der Waals surface area contributed by atoms with Crippen LogP contribution in [0.4, 0.5) is 5.82 Å². The molecule has 3 rings (SSSR count). The van der Waals surface area contributed by atoms with Gasteiger partial charge in [-0.3, -0.25) is 0 Å². The maximum atomic E-state index is 5.85. The number of hydrogen-bond donors (Lipinski definition) is 0. The van der Waals surface area contributed by atoms with Crippen LogP contribution in [0.2, 0.25) is 5.28 Å². The van der Waals surface area contributed by atoms with E-state index in [9.17, 15) is 0 Å². The van der Waals surface area contributed by atoms with Crippen LogP contribution < -0.4 is 4.90 Å². The molecule has 3 nitrogen and oxygen atoms in total. The third-order valence-corrected chi connectivity index (χ3v) is 4.46. The predicted octanol–water partition coefficient (Wildman–Crippen LogP) is 3.13. The first-order valence-corrected chi connectivity index (χ1v) is 6.84. The molecule has 0 radical (unpaired) electrons. The SMILES string of the molecule is Clc1ncc(Br)c(N2CC3CCCC3C2)n1. The molecule has 86 valence electrons. The standard InChI is InChI=1S/C11H13BrClN3/c12-9-4-14-11(13)15-10(9)16-5-7-2-1-3-8(7)6-16/h4,7-8H,1-3,5-6H2. The van der Waals surface area contributed by atoms with Crippen molar-refractivity contribution in [2.75, 3.05) is 18.0 Å². The summed E-state index contributed by atoms with van der Waals surface area (Å²) in [6.07, 6.45) is 5.88. The molecule has 0 N–H and O–H groups in total. The Hall–Kier alpha value is -0.350. The van der Waals surface area contributed by atoms with Crippen LogP contribution in [0.3, 0.4) is 0 Å². The smallest absolute Gasteiger partial charge is 0.224 e. The highest BCUT2D eigenvalue weighted by Crippen LogP contribution is 2.40. The van der Waals surface area contributed by atoms with Gasteiger partial charge in [0.25, 0.3) is 0 Å². The Kier molecular flexibility index (Phi) is 2.80. The van der Waals surface area contributed by atoms with Gasteiger partial charge in [0.1, 0.15) is 5.82 Å². The van der Waals surface area contributed by atoms with Gasteiger partial charge >= 0.3 is 0 Å². The van der Waals surface area contributed by atoms with E-state index in [4.69, 9.17) is 11.6 Å². The topological polar surface area (TPSA) is 29.0 Å². The van der Waals surface area contributed by atoms with E-state index in [1.165, 1.54) is 19.3 Å². The molecule has 5 heteroatoms. The van der Waals surface area contributed by atoms with Crippen molar-refractivity contribution >= 4 is 33.3 Å². The summed E-state index contributed by atoms with van der Waals surface area (Å²) in [5.74, 6) is 2.68. The molecule has 1 aliphatic carbocycles. The molecule has 1 saturated carbocycles. The molecule has 2 atom stereocenters. The minimum absolute atomic E-state index is 0.329. The summed E-state index contributed by atoms with van der Waals surface area (Å²) in [4.78, 5) is 10.6. The fourth-order valence-corrected chi connectivity index (χ4v) is 3.54. The summed E-state index contributed by atoms with van der Waals surface area (Å²) < 4.78 is 0.942. The van der Waals surface area contributed by atoms with E-state index in [1.54, 1.807) is 6.20 Å². The number of halogens is 2. The molecule has 2 heterocycles. The van der Waals surface area contributed by atoms with Gasteiger partial charge in [0.15, 0.2) is 0 Å². The first-order valence-electron chi connectivity index (χ1n) is 5.67. The number of rotatable bonds is 1. The number of fused-ring (bicyclic) bond motifs is 1. The van der Waals surface area contributed by atoms with Gasteiger partial charge in [0, 0.05) is 19.3 Å². The summed E-state index contributed by atoms with van der Waals surface area (Å²) in [6.45, 7) is 2.24. The van der Waals surface area contributed by atoms with Crippen LogP contribution in [0.15, 0.2) is 10.7 Å². The molecule has 1 aromatic heterocycles. The summed E-state index contributed by atoms with van der Waals surface area (Å²) in [5.41, 5.74) is 0. The first kappa shape index (κ1) is 10.8. The van der Waals surface area contributed by atoms with Crippen molar-refractivity contribution in [3.05, 3.63) is 16.0 Å². The van der Waals surface area contributed by atoms with Gasteiger partial charge < -0.3 is 4.90 Å². The van der Waals surface area contributed by atoms with E-state index < -0.39 is 0 Å². The molecule has 0 amide bonds. The van der Waals surface area contributed by atoms with Gasteiger partial charge in [-0.25, -0.2) is 4.98 Å². The normalized spacial score (nSPS) is 28.5. The van der Waals surface area contributed by atoms with Crippen molar-refractivity contribution in [1.29, 1.82) is 0 Å². The van der Waals surface area contributed by atoms with E-state index in [1.807, 2.05) is 0 Å². The van der Waals surface area contributed by atoms with Crippen LogP contribution in [0, 0.1) is 11.8 Å². The Morgan fingerprint density at radius 2 is 2.00 bits per heavy atom. The molecule has 1 aliphatic heterocycles. The number of aromatic nitrogens is 2. The van der Waals surface area contributed by atoms with Gasteiger partial charge in [-0.2, -0.15) is 4.98 Å². The summed E-state index contributed by atoms with van der Waals surface area (Å²) in [5, 5.41) is 0.329. The van der Waals surface area contributed by atoms with Crippen molar-refractivity contribution in [2.45, 2.75) is 19.3 Å². The van der Waals surface area contributed by atoms with Gasteiger partial charge in [0.2, 0.25) is 5.28 Å². The largest absolute Gasteiger partial charge is 0.355 e. The van der Waals surface area contributed by atoms with Crippen LogP contribution >= 0.6 is 27.5 Å². The lowest BCUT2D eigenvalue weighted by Crippen LogP contribution is -2.22. The van der Waals surface area contributed by atoms with Crippen LogP contribution in [0.1, 0.15) is 19.3 Å². The van der Waals surface area contributed by atoms with E-state index in [-0.39, 0.29) is 0 Å². The molecule has 2 aliphatic rings. The highest BCUT2D eigenvalue weighted by molar-refractivity contribution is 9.10.